The van der Waals surface area contributed by atoms with Crippen molar-refractivity contribution in [1.29, 1.82) is 0 Å². The van der Waals surface area contributed by atoms with Gasteiger partial charge in [-0.05, 0) is 74.4 Å². The van der Waals surface area contributed by atoms with Crippen molar-refractivity contribution in [3.63, 3.8) is 0 Å². The van der Waals surface area contributed by atoms with E-state index in [1.165, 1.54) is 73.7 Å². The monoisotopic (exact) mass is 744 g/mol. The van der Waals surface area contributed by atoms with Crippen molar-refractivity contribution in [1.82, 2.24) is 4.98 Å². The molecule has 2 aromatic carbocycles. The number of carbonyl (C=O) groups is 2. The number of benzene rings is 2. The Labute approximate surface area is 314 Å². The van der Waals surface area contributed by atoms with Crippen LogP contribution in [0.1, 0.15) is 71.1 Å². The Hall–Kier alpha value is -4.75. The number of ether oxygens (including phenoxy) is 3. The zero-order valence-corrected chi connectivity index (χ0v) is 31.5. The molecule has 2 heterocycles. The number of unbranched alkanes of at least 4 members (excludes halogenated alkanes) is 9. The Morgan fingerprint density at radius 1 is 0.712 bits per heavy atom. The second-order valence-electron chi connectivity index (χ2n) is 11.9. The normalized spacial score (nSPS) is 11.3. The van der Waals surface area contributed by atoms with E-state index in [0.29, 0.717) is 31.5 Å². The zero-order chi connectivity index (χ0) is 36.8. The highest BCUT2D eigenvalue weighted by Crippen LogP contribution is 2.39. The highest BCUT2D eigenvalue weighted by molar-refractivity contribution is 7.30. The van der Waals surface area contributed by atoms with Crippen LogP contribution in [0.2, 0.25) is 0 Å². The van der Waals surface area contributed by atoms with Crippen molar-refractivity contribution in [3.05, 3.63) is 79.9 Å². The molecule has 0 radical (unpaired) electrons. The van der Waals surface area contributed by atoms with E-state index in [-0.39, 0.29) is 5.97 Å². The van der Waals surface area contributed by atoms with Gasteiger partial charge in [-0.25, -0.2) is 14.6 Å². The molecule has 0 fully saturated rings. The van der Waals surface area contributed by atoms with Crippen LogP contribution >= 0.6 is 22.7 Å². The molecular formula is C39H48N6O5S2. The van der Waals surface area contributed by atoms with E-state index in [4.69, 9.17) is 14.2 Å². The van der Waals surface area contributed by atoms with Gasteiger partial charge in [0.2, 0.25) is 5.13 Å². The second kappa shape index (κ2) is 22.9. The Kier molecular flexibility index (Phi) is 17.7. The number of carbonyl (C=O) groups excluding carboxylic acids is 2. The minimum absolute atomic E-state index is 0.291. The molecule has 4 aromatic rings. The molecule has 0 aliphatic rings. The standard InChI is InChI=1S/C39H48N6O5S2/c1-4-36(46)49-27-16-14-12-10-8-7-9-11-13-15-26-48-33-23-19-31(20-24-33)41-43-35-29-34-38(52-35)40-39(51-34)44-42-30-17-21-32(22-18-30)45(6-3)25-28-50-37(47)5-2/h4-5,17-24,29H,1-2,6-16,25-28H2,3H3. The maximum atomic E-state index is 11.3. The molecular weight excluding hydrogens is 697 g/mol. The number of esters is 2. The minimum Gasteiger partial charge on any atom is -0.494 e. The van der Waals surface area contributed by atoms with Crippen LogP contribution in [0.3, 0.4) is 0 Å². The Bertz CT molecular complexity index is 1720. The first kappa shape index (κ1) is 40.0. The average Bonchev–Trinajstić information content (AvgIpc) is 3.74. The number of hydrogen-bond donors (Lipinski definition) is 0. The molecule has 276 valence electrons. The molecule has 52 heavy (non-hydrogen) atoms. The Morgan fingerprint density at radius 3 is 1.87 bits per heavy atom. The largest absolute Gasteiger partial charge is 0.494 e. The number of hydrogen-bond acceptors (Lipinski definition) is 13. The summed E-state index contributed by atoms with van der Waals surface area (Å²) in [7, 11) is 0. The maximum Gasteiger partial charge on any atom is 0.330 e. The third-order valence-corrected chi connectivity index (χ3v) is 9.93. The van der Waals surface area contributed by atoms with Crippen molar-refractivity contribution in [2.45, 2.75) is 71.1 Å². The number of nitrogens with zero attached hydrogens (tertiary/aromatic N) is 6. The molecule has 0 saturated carbocycles. The predicted octanol–water partition coefficient (Wildman–Crippen LogP) is 11.8. The van der Waals surface area contributed by atoms with Crippen LogP contribution < -0.4 is 9.64 Å². The molecule has 0 unspecified atom stereocenters. The molecule has 0 saturated heterocycles. The van der Waals surface area contributed by atoms with E-state index in [0.717, 1.165) is 69.2 Å². The first-order valence-electron chi connectivity index (χ1n) is 17.9. The lowest BCUT2D eigenvalue weighted by Gasteiger charge is -2.22. The van der Waals surface area contributed by atoms with Crippen LogP contribution in [0, 0.1) is 0 Å². The van der Waals surface area contributed by atoms with E-state index in [9.17, 15) is 9.59 Å². The van der Waals surface area contributed by atoms with Crippen molar-refractivity contribution < 1.29 is 23.8 Å². The first-order chi connectivity index (χ1) is 25.5. The van der Waals surface area contributed by atoms with Crippen LogP contribution in [-0.2, 0) is 19.1 Å². The SMILES string of the molecule is C=CC(=O)OCCCCCCCCCCCCOc1ccc(N=Nc2cc3sc(N=Nc4ccc(N(CC)CCOC(=O)C=C)cc4)nc3s2)cc1. The highest BCUT2D eigenvalue weighted by atomic mass is 32.1. The molecule has 0 aliphatic heterocycles. The fourth-order valence-electron chi connectivity index (χ4n) is 5.18. The average molecular weight is 745 g/mol. The summed E-state index contributed by atoms with van der Waals surface area (Å²) in [5.41, 5.74) is 2.48. The maximum absolute atomic E-state index is 11.3. The fourth-order valence-corrected chi connectivity index (χ4v) is 7.03. The van der Waals surface area contributed by atoms with Gasteiger partial charge in [-0.15, -0.1) is 20.5 Å². The summed E-state index contributed by atoms with van der Waals surface area (Å²) in [6, 6.07) is 17.4. The number of fused-ring (bicyclic) bond motifs is 1. The predicted molar refractivity (Wildman–Crippen MR) is 211 cm³/mol. The van der Waals surface area contributed by atoms with Crippen molar-refractivity contribution in [3.8, 4) is 5.75 Å². The van der Waals surface area contributed by atoms with Gasteiger partial charge in [0.25, 0.3) is 0 Å². The van der Waals surface area contributed by atoms with Gasteiger partial charge in [-0.2, -0.15) is 0 Å². The van der Waals surface area contributed by atoms with Gasteiger partial charge in [0.1, 0.15) is 22.2 Å². The number of thiophene rings is 1. The highest BCUT2D eigenvalue weighted by Gasteiger charge is 2.09. The van der Waals surface area contributed by atoms with E-state index in [1.54, 1.807) is 0 Å². The van der Waals surface area contributed by atoms with Crippen molar-refractivity contribution >= 4 is 71.3 Å². The van der Waals surface area contributed by atoms with Gasteiger partial charge >= 0.3 is 11.9 Å². The second-order valence-corrected chi connectivity index (χ2v) is 13.9. The lowest BCUT2D eigenvalue weighted by Crippen LogP contribution is -2.27. The summed E-state index contributed by atoms with van der Waals surface area (Å²) in [5.74, 6) is 0.0790. The van der Waals surface area contributed by atoms with Gasteiger partial charge in [0, 0.05) is 24.4 Å². The molecule has 0 spiro atoms. The molecule has 11 nitrogen and oxygen atoms in total. The third kappa shape index (κ3) is 14.5. The molecule has 0 aliphatic carbocycles. The van der Waals surface area contributed by atoms with Gasteiger partial charge < -0.3 is 19.1 Å². The summed E-state index contributed by atoms with van der Waals surface area (Å²) < 4.78 is 17.0. The minimum atomic E-state index is -0.422. The molecule has 0 amide bonds. The van der Waals surface area contributed by atoms with E-state index >= 15 is 0 Å². The number of anilines is 1. The smallest absolute Gasteiger partial charge is 0.330 e. The van der Waals surface area contributed by atoms with Crippen LogP contribution in [0.4, 0.5) is 27.2 Å². The summed E-state index contributed by atoms with van der Waals surface area (Å²) in [5, 5.41) is 18.8. The lowest BCUT2D eigenvalue weighted by molar-refractivity contribution is -0.138. The first-order valence-corrected chi connectivity index (χ1v) is 19.5. The van der Waals surface area contributed by atoms with Gasteiger partial charge in [0.05, 0.1) is 35.8 Å². The van der Waals surface area contributed by atoms with Gasteiger partial charge in [-0.3, -0.25) is 0 Å². The van der Waals surface area contributed by atoms with Crippen LogP contribution in [0.5, 0.6) is 5.75 Å². The fraction of sp³-hybridized carbons (Fsp3) is 0.410. The third-order valence-electron chi connectivity index (χ3n) is 8.00. The summed E-state index contributed by atoms with van der Waals surface area (Å²) >= 11 is 2.92. The summed E-state index contributed by atoms with van der Waals surface area (Å²) in [6.45, 7) is 11.7. The van der Waals surface area contributed by atoms with E-state index in [2.05, 4.69) is 43.5 Å². The molecule has 0 bridgehead atoms. The Morgan fingerprint density at radius 2 is 1.27 bits per heavy atom. The van der Waals surface area contributed by atoms with Crippen LogP contribution in [0.25, 0.3) is 9.53 Å². The molecule has 0 N–H and O–H groups in total. The molecule has 0 atom stereocenters. The van der Waals surface area contributed by atoms with Crippen molar-refractivity contribution in [2.24, 2.45) is 20.5 Å². The number of likely N-dealkylation sites (N-methyl/N-ethyl adjacent to an activating group) is 1. The topological polar surface area (TPSA) is 127 Å². The molecule has 2 aromatic heterocycles. The van der Waals surface area contributed by atoms with Gasteiger partial charge in [-0.1, -0.05) is 87.2 Å². The summed E-state index contributed by atoms with van der Waals surface area (Å²) in [4.78, 5) is 29.8. The number of thiazole rings is 1. The molecule has 4 rings (SSSR count). The van der Waals surface area contributed by atoms with Crippen LogP contribution in [0.15, 0.2) is 100 Å². The number of rotatable bonds is 25. The van der Waals surface area contributed by atoms with Crippen molar-refractivity contribution in [2.75, 3.05) is 37.8 Å². The zero-order valence-electron chi connectivity index (χ0n) is 29.9. The number of azo groups is 2. The van der Waals surface area contributed by atoms with Gasteiger partial charge in [0.15, 0.2) is 0 Å². The Balaban J connectivity index is 1.10. The van der Waals surface area contributed by atoms with E-state index in [1.807, 2.05) is 61.5 Å². The quantitative estimate of drug-likeness (QED) is 0.0286. The number of aromatic nitrogens is 1. The van der Waals surface area contributed by atoms with E-state index < -0.39 is 5.97 Å². The summed E-state index contributed by atoms with van der Waals surface area (Å²) in [6.07, 6.45) is 14.1. The van der Waals surface area contributed by atoms with Crippen LogP contribution in [-0.4, -0.2) is 49.8 Å². The molecule has 13 heteroatoms. The lowest BCUT2D eigenvalue weighted by atomic mass is 10.1.